The minimum atomic E-state index is 0.142. The summed E-state index contributed by atoms with van der Waals surface area (Å²) >= 11 is 0. The van der Waals surface area contributed by atoms with E-state index in [4.69, 9.17) is 0 Å². The van der Waals surface area contributed by atoms with Crippen LogP contribution in [0.15, 0.2) is 36.5 Å². The highest BCUT2D eigenvalue weighted by Crippen LogP contribution is 2.17. The summed E-state index contributed by atoms with van der Waals surface area (Å²) in [6, 6.07) is 0. The smallest absolute Gasteiger partial charge is 0.159 e. The molecule has 0 bridgehead atoms. The van der Waals surface area contributed by atoms with Gasteiger partial charge in [0.25, 0.3) is 0 Å². The number of rotatable bonds is 2. The lowest BCUT2D eigenvalue weighted by atomic mass is 9.95. The van der Waals surface area contributed by atoms with Crippen LogP contribution in [-0.4, -0.2) is 5.78 Å². The van der Waals surface area contributed by atoms with Crippen molar-refractivity contribution in [3.8, 4) is 0 Å². The van der Waals surface area contributed by atoms with Gasteiger partial charge in [-0.15, -0.1) is 6.58 Å². The molecule has 1 aliphatic rings. The fourth-order valence-electron chi connectivity index (χ4n) is 1.07. The van der Waals surface area contributed by atoms with Crippen molar-refractivity contribution < 1.29 is 4.79 Å². The number of allylic oxidation sites excluding steroid dienone is 5. The normalized spacial score (nSPS) is 22.6. The Hall–Kier alpha value is -1.11. The number of ketones is 1. The van der Waals surface area contributed by atoms with Gasteiger partial charge in [-0.25, -0.2) is 0 Å². The molecular formula is C10H12O. The molecule has 1 rings (SSSR count). The fraction of sp³-hybridized carbons (Fsp3) is 0.300. The Balaban J connectivity index is 2.66. The first-order valence-corrected chi connectivity index (χ1v) is 3.76. The van der Waals surface area contributed by atoms with E-state index in [0.29, 0.717) is 5.92 Å². The number of Topliss-reactive ketones (excluding diaryl/α,β-unsaturated/α-hetero) is 1. The Morgan fingerprint density at radius 1 is 1.82 bits per heavy atom. The SMILES string of the molecule is C=CC1C=CC(C(C)=O)=CC1. The molecule has 0 amide bonds. The van der Waals surface area contributed by atoms with Crippen molar-refractivity contribution in [3.63, 3.8) is 0 Å². The summed E-state index contributed by atoms with van der Waals surface area (Å²) in [5, 5.41) is 0. The molecule has 1 aliphatic carbocycles. The second kappa shape index (κ2) is 3.33. The maximum atomic E-state index is 10.8. The van der Waals surface area contributed by atoms with E-state index >= 15 is 0 Å². The van der Waals surface area contributed by atoms with E-state index in [-0.39, 0.29) is 5.78 Å². The number of carbonyl (C=O) groups is 1. The van der Waals surface area contributed by atoms with E-state index in [2.05, 4.69) is 6.58 Å². The molecule has 0 aromatic heterocycles. The maximum Gasteiger partial charge on any atom is 0.159 e. The Morgan fingerprint density at radius 3 is 2.91 bits per heavy atom. The molecule has 0 aromatic carbocycles. The van der Waals surface area contributed by atoms with Crippen molar-refractivity contribution in [2.75, 3.05) is 0 Å². The average molecular weight is 148 g/mol. The molecule has 0 spiro atoms. The molecule has 1 atom stereocenters. The molecule has 0 aliphatic heterocycles. The molecule has 0 aromatic rings. The van der Waals surface area contributed by atoms with Crippen LogP contribution in [0.5, 0.6) is 0 Å². The van der Waals surface area contributed by atoms with Gasteiger partial charge in [0, 0.05) is 5.57 Å². The Morgan fingerprint density at radius 2 is 2.55 bits per heavy atom. The summed E-state index contributed by atoms with van der Waals surface area (Å²) in [6.07, 6.45) is 8.66. The van der Waals surface area contributed by atoms with Gasteiger partial charge >= 0.3 is 0 Å². The average Bonchev–Trinajstić information content (AvgIpc) is 2.05. The van der Waals surface area contributed by atoms with Crippen LogP contribution in [0.1, 0.15) is 13.3 Å². The molecule has 58 valence electrons. The molecule has 0 saturated carbocycles. The minimum absolute atomic E-state index is 0.142. The van der Waals surface area contributed by atoms with Gasteiger partial charge in [-0.3, -0.25) is 4.79 Å². The zero-order chi connectivity index (χ0) is 8.27. The molecule has 1 unspecified atom stereocenters. The number of carbonyl (C=O) groups excluding carboxylic acids is 1. The predicted molar refractivity (Wildman–Crippen MR) is 46.2 cm³/mol. The van der Waals surface area contributed by atoms with E-state index in [1.165, 1.54) is 0 Å². The van der Waals surface area contributed by atoms with Crippen LogP contribution >= 0.6 is 0 Å². The minimum Gasteiger partial charge on any atom is -0.295 e. The molecule has 0 heterocycles. The topological polar surface area (TPSA) is 17.1 Å². The lowest BCUT2D eigenvalue weighted by Crippen LogP contribution is -2.01. The summed E-state index contributed by atoms with van der Waals surface area (Å²) < 4.78 is 0. The van der Waals surface area contributed by atoms with Crippen LogP contribution in [0.3, 0.4) is 0 Å². The zero-order valence-corrected chi connectivity index (χ0v) is 6.71. The van der Waals surface area contributed by atoms with Crippen LogP contribution in [0.25, 0.3) is 0 Å². The van der Waals surface area contributed by atoms with Gasteiger partial charge in [-0.1, -0.05) is 24.3 Å². The van der Waals surface area contributed by atoms with E-state index in [9.17, 15) is 4.79 Å². The number of hydrogen-bond acceptors (Lipinski definition) is 1. The van der Waals surface area contributed by atoms with Crippen molar-refractivity contribution in [2.24, 2.45) is 5.92 Å². The van der Waals surface area contributed by atoms with E-state index < -0.39 is 0 Å². The second-order valence-corrected chi connectivity index (χ2v) is 2.71. The molecule has 0 radical (unpaired) electrons. The van der Waals surface area contributed by atoms with Gasteiger partial charge in [0.15, 0.2) is 5.78 Å². The summed E-state index contributed by atoms with van der Waals surface area (Å²) in [4.78, 5) is 10.8. The van der Waals surface area contributed by atoms with Crippen LogP contribution in [-0.2, 0) is 4.79 Å². The van der Waals surface area contributed by atoms with Gasteiger partial charge in [0.05, 0.1) is 0 Å². The van der Waals surface area contributed by atoms with Crippen LogP contribution in [0, 0.1) is 5.92 Å². The fourth-order valence-corrected chi connectivity index (χ4v) is 1.07. The lowest BCUT2D eigenvalue weighted by Gasteiger charge is -2.09. The maximum absolute atomic E-state index is 10.8. The van der Waals surface area contributed by atoms with Crippen LogP contribution in [0.2, 0.25) is 0 Å². The monoisotopic (exact) mass is 148 g/mol. The first-order valence-electron chi connectivity index (χ1n) is 3.76. The Labute approximate surface area is 67.1 Å². The Bertz CT molecular complexity index is 233. The van der Waals surface area contributed by atoms with Gasteiger partial charge in [-0.05, 0) is 19.3 Å². The standard InChI is InChI=1S/C10H12O/c1-3-9-4-6-10(7-5-9)8(2)11/h3-4,6-7,9H,1,5H2,2H3. The highest BCUT2D eigenvalue weighted by Gasteiger charge is 2.06. The molecule has 1 heteroatoms. The van der Waals surface area contributed by atoms with Crippen LogP contribution in [0.4, 0.5) is 0 Å². The van der Waals surface area contributed by atoms with Gasteiger partial charge in [-0.2, -0.15) is 0 Å². The first-order chi connectivity index (χ1) is 5.24. The molecule has 11 heavy (non-hydrogen) atoms. The highest BCUT2D eigenvalue weighted by molar-refractivity contribution is 5.96. The molecule has 1 nitrogen and oxygen atoms in total. The predicted octanol–water partition coefficient (Wildman–Crippen LogP) is 2.26. The second-order valence-electron chi connectivity index (χ2n) is 2.71. The van der Waals surface area contributed by atoms with E-state index in [1.54, 1.807) is 6.92 Å². The summed E-state index contributed by atoms with van der Waals surface area (Å²) in [5.74, 6) is 0.557. The molecule has 0 N–H and O–H groups in total. The third-order valence-corrected chi connectivity index (χ3v) is 1.84. The van der Waals surface area contributed by atoms with Gasteiger partial charge in [0.2, 0.25) is 0 Å². The zero-order valence-electron chi connectivity index (χ0n) is 6.71. The molecular weight excluding hydrogens is 136 g/mol. The summed E-state index contributed by atoms with van der Waals surface area (Å²) in [5.41, 5.74) is 0.822. The van der Waals surface area contributed by atoms with Crippen molar-refractivity contribution in [1.29, 1.82) is 0 Å². The third-order valence-electron chi connectivity index (χ3n) is 1.84. The highest BCUT2D eigenvalue weighted by atomic mass is 16.1. The van der Waals surface area contributed by atoms with Crippen molar-refractivity contribution in [2.45, 2.75) is 13.3 Å². The third kappa shape index (κ3) is 1.90. The number of hydrogen-bond donors (Lipinski definition) is 0. The summed E-state index contributed by atoms with van der Waals surface area (Å²) in [6.45, 7) is 5.28. The largest absolute Gasteiger partial charge is 0.295 e. The Kier molecular flexibility index (Phi) is 2.42. The molecule has 0 saturated heterocycles. The van der Waals surface area contributed by atoms with Gasteiger partial charge < -0.3 is 0 Å². The summed E-state index contributed by atoms with van der Waals surface area (Å²) in [7, 11) is 0. The molecule has 0 fully saturated rings. The van der Waals surface area contributed by atoms with E-state index in [0.717, 1.165) is 12.0 Å². The van der Waals surface area contributed by atoms with Gasteiger partial charge in [0.1, 0.15) is 0 Å². The van der Waals surface area contributed by atoms with E-state index in [1.807, 2.05) is 24.3 Å². The van der Waals surface area contributed by atoms with Crippen molar-refractivity contribution >= 4 is 5.78 Å². The quantitative estimate of drug-likeness (QED) is 0.549. The van der Waals surface area contributed by atoms with Crippen molar-refractivity contribution in [1.82, 2.24) is 0 Å². The van der Waals surface area contributed by atoms with Crippen LogP contribution < -0.4 is 0 Å². The lowest BCUT2D eigenvalue weighted by molar-refractivity contribution is -0.113. The van der Waals surface area contributed by atoms with Crippen molar-refractivity contribution in [3.05, 3.63) is 36.5 Å². The first kappa shape index (κ1) is 7.99.